The molecule has 2 aromatic rings. The Kier molecular flexibility index (Phi) is 3.93. The molecule has 0 aliphatic carbocycles. The molecule has 4 nitrogen and oxygen atoms in total. The average Bonchev–Trinajstić information content (AvgIpc) is 2.69. The van der Waals surface area contributed by atoms with Crippen LogP contribution in [0, 0.1) is 0 Å². The smallest absolute Gasteiger partial charge is 0.227 e. The zero-order chi connectivity index (χ0) is 13.1. The van der Waals surface area contributed by atoms with Crippen LogP contribution in [0.15, 0.2) is 35.6 Å². The second-order valence-corrected chi connectivity index (χ2v) is 5.13. The summed E-state index contributed by atoms with van der Waals surface area (Å²) in [5.74, 6) is -0.124. The number of nitrogens with zero attached hydrogens (tertiary/aromatic N) is 2. The van der Waals surface area contributed by atoms with Crippen molar-refractivity contribution in [3.05, 3.63) is 35.5 Å². The molecule has 0 aliphatic heterocycles. The number of rotatable bonds is 4. The molecule has 0 saturated carbocycles. The molecule has 0 radical (unpaired) electrons. The molecule has 2 rings (SSSR count). The second kappa shape index (κ2) is 5.46. The Morgan fingerprint density at radius 3 is 2.72 bits per heavy atom. The van der Waals surface area contributed by atoms with Gasteiger partial charge < -0.3 is 10.3 Å². The Morgan fingerprint density at radius 1 is 1.44 bits per heavy atom. The minimum absolute atomic E-state index is 0.227. The monoisotopic (exact) mass is 281 g/mol. The van der Waals surface area contributed by atoms with E-state index in [1.54, 1.807) is 6.20 Å². The first-order chi connectivity index (χ1) is 8.58. The van der Waals surface area contributed by atoms with Crippen molar-refractivity contribution in [3.8, 4) is 11.3 Å². The summed E-state index contributed by atoms with van der Waals surface area (Å²) in [5.41, 5.74) is 7.11. The fraction of sp³-hybridized carbons (Fsp3) is 0.167. The molecule has 0 saturated heterocycles. The van der Waals surface area contributed by atoms with Crippen LogP contribution in [0.2, 0.25) is 5.02 Å². The summed E-state index contributed by atoms with van der Waals surface area (Å²) in [6, 6.07) is 7.53. The number of halogens is 1. The maximum Gasteiger partial charge on any atom is 0.227 e. The number of amides is 1. The van der Waals surface area contributed by atoms with Crippen molar-refractivity contribution in [1.82, 2.24) is 9.55 Å². The van der Waals surface area contributed by atoms with Crippen LogP contribution >= 0.6 is 23.4 Å². The fourth-order valence-electron chi connectivity index (χ4n) is 1.55. The van der Waals surface area contributed by atoms with Gasteiger partial charge in [0.05, 0.1) is 17.6 Å². The lowest BCUT2D eigenvalue weighted by Crippen LogP contribution is -2.13. The van der Waals surface area contributed by atoms with Gasteiger partial charge in [-0.1, -0.05) is 35.5 Å². The molecule has 94 valence electrons. The zero-order valence-electron chi connectivity index (χ0n) is 9.76. The largest absolute Gasteiger partial charge is 0.369 e. The normalized spacial score (nSPS) is 10.6. The predicted octanol–water partition coefficient (Wildman–Crippen LogP) is 2.32. The van der Waals surface area contributed by atoms with E-state index in [1.165, 1.54) is 11.8 Å². The molecule has 0 atom stereocenters. The van der Waals surface area contributed by atoms with Gasteiger partial charge in [0.1, 0.15) is 0 Å². The molecule has 0 bridgehead atoms. The Bertz CT molecular complexity index is 565. The highest BCUT2D eigenvalue weighted by Gasteiger charge is 2.09. The molecule has 0 unspecified atom stereocenters. The van der Waals surface area contributed by atoms with E-state index in [2.05, 4.69) is 4.98 Å². The van der Waals surface area contributed by atoms with Gasteiger partial charge in [-0.3, -0.25) is 4.79 Å². The lowest BCUT2D eigenvalue weighted by Gasteiger charge is -2.05. The van der Waals surface area contributed by atoms with Crippen LogP contribution in [-0.4, -0.2) is 21.2 Å². The van der Waals surface area contributed by atoms with Gasteiger partial charge in [-0.15, -0.1) is 0 Å². The summed E-state index contributed by atoms with van der Waals surface area (Å²) in [5, 5.41) is 1.46. The number of benzene rings is 1. The van der Waals surface area contributed by atoms with Crippen molar-refractivity contribution in [3.63, 3.8) is 0 Å². The van der Waals surface area contributed by atoms with Gasteiger partial charge in [0.2, 0.25) is 5.91 Å². The highest BCUT2D eigenvalue weighted by Crippen LogP contribution is 2.25. The minimum Gasteiger partial charge on any atom is -0.369 e. The SMILES string of the molecule is Cn1c(-c2ccc(Cl)cc2)cnc1SCC(N)=O. The van der Waals surface area contributed by atoms with Crippen molar-refractivity contribution in [2.45, 2.75) is 5.16 Å². The van der Waals surface area contributed by atoms with E-state index in [1.807, 2.05) is 35.9 Å². The molecule has 6 heteroatoms. The van der Waals surface area contributed by atoms with E-state index < -0.39 is 0 Å². The van der Waals surface area contributed by atoms with Crippen molar-refractivity contribution < 1.29 is 4.79 Å². The molecule has 1 amide bonds. The third-order valence-corrected chi connectivity index (χ3v) is 3.75. The molecule has 18 heavy (non-hydrogen) atoms. The number of imidazole rings is 1. The number of primary amides is 1. The summed E-state index contributed by atoms with van der Waals surface area (Å²) >= 11 is 7.18. The number of hydrogen-bond donors (Lipinski definition) is 1. The molecule has 1 aromatic carbocycles. The molecule has 1 heterocycles. The summed E-state index contributed by atoms with van der Waals surface area (Å²) < 4.78 is 1.93. The molecular weight excluding hydrogens is 270 g/mol. The van der Waals surface area contributed by atoms with Crippen LogP contribution in [0.4, 0.5) is 0 Å². The van der Waals surface area contributed by atoms with E-state index in [0.717, 1.165) is 16.4 Å². The lowest BCUT2D eigenvalue weighted by molar-refractivity contribution is -0.115. The number of carbonyl (C=O) groups excluding carboxylic acids is 1. The molecule has 1 aromatic heterocycles. The van der Waals surface area contributed by atoms with E-state index in [9.17, 15) is 4.79 Å². The van der Waals surface area contributed by atoms with E-state index in [4.69, 9.17) is 17.3 Å². The number of thioether (sulfide) groups is 1. The third kappa shape index (κ3) is 2.86. The van der Waals surface area contributed by atoms with E-state index in [0.29, 0.717) is 5.02 Å². The van der Waals surface area contributed by atoms with Gasteiger partial charge >= 0.3 is 0 Å². The molecule has 0 fully saturated rings. The van der Waals surface area contributed by atoms with Crippen molar-refractivity contribution >= 4 is 29.3 Å². The van der Waals surface area contributed by atoms with Gasteiger partial charge in [-0.2, -0.15) is 0 Å². The highest BCUT2D eigenvalue weighted by atomic mass is 35.5. The standard InChI is InChI=1S/C12H12ClN3OS/c1-16-10(8-2-4-9(13)5-3-8)6-15-12(16)18-7-11(14)17/h2-6H,7H2,1H3,(H2,14,17). The molecule has 0 spiro atoms. The van der Waals surface area contributed by atoms with Gasteiger partial charge in [-0.05, 0) is 17.7 Å². The zero-order valence-corrected chi connectivity index (χ0v) is 11.3. The quantitative estimate of drug-likeness (QED) is 0.875. The van der Waals surface area contributed by atoms with Gasteiger partial charge in [-0.25, -0.2) is 4.98 Å². The van der Waals surface area contributed by atoms with Crippen LogP contribution < -0.4 is 5.73 Å². The van der Waals surface area contributed by atoms with Crippen molar-refractivity contribution in [1.29, 1.82) is 0 Å². The van der Waals surface area contributed by atoms with Gasteiger partial charge in [0, 0.05) is 12.1 Å². The van der Waals surface area contributed by atoms with E-state index >= 15 is 0 Å². The maximum absolute atomic E-state index is 10.7. The summed E-state index contributed by atoms with van der Waals surface area (Å²) in [6.07, 6.45) is 1.77. The summed E-state index contributed by atoms with van der Waals surface area (Å²) in [6.45, 7) is 0. The summed E-state index contributed by atoms with van der Waals surface area (Å²) in [7, 11) is 1.90. The average molecular weight is 282 g/mol. The predicted molar refractivity (Wildman–Crippen MR) is 73.6 cm³/mol. The van der Waals surface area contributed by atoms with Crippen LogP contribution in [0.5, 0.6) is 0 Å². The van der Waals surface area contributed by atoms with Crippen LogP contribution in [-0.2, 0) is 11.8 Å². The number of nitrogens with two attached hydrogens (primary N) is 1. The molecular formula is C12H12ClN3OS. The van der Waals surface area contributed by atoms with Crippen LogP contribution in [0.25, 0.3) is 11.3 Å². The number of aromatic nitrogens is 2. The Labute approximate surface area is 114 Å². The molecule has 0 aliphatic rings. The van der Waals surface area contributed by atoms with Crippen molar-refractivity contribution in [2.24, 2.45) is 12.8 Å². The lowest BCUT2D eigenvalue weighted by atomic mass is 10.2. The van der Waals surface area contributed by atoms with Gasteiger partial charge in [0.15, 0.2) is 5.16 Å². The first-order valence-corrected chi connectivity index (χ1v) is 6.63. The third-order valence-electron chi connectivity index (χ3n) is 2.43. The molecule has 2 N–H and O–H groups in total. The highest BCUT2D eigenvalue weighted by molar-refractivity contribution is 7.99. The Morgan fingerprint density at radius 2 is 2.11 bits per heavy atom. The minimum atomic E-state index is -0.351. The number of hydrogen-bond acceptors (Lipinski definition) is 3. The summed E-state index contributed by atoms with van der Waals surface area (Å²) in [4.78, 5) is 15.0. The Hall–Kier alpha value is -1.46. The first kappa shape index (κ1) is 13.0. The Balaban J connectivity index is 2.25. The van der Waals surface area contributed by atoms with Crippen LogP contribution in [0.1, 0.15) is 0 Å². The maximum atomic E-state index is 10.7. The van der Waals surface area contributed by atoms with E-state index in [-0.39, 0.29) is 11.7 Å². The van der Waals surface area contributed by atoms with Crippen LogP contribution in [0.3, 0.4) is 0 Å². The topological polar surface area (TPSA) is 60.9 Å². The second-order valence-electron chi connectivity index (χ2n) is 3.75. The fourth-order valence-corrected chi connectivity index (χ4v) is 2.37. The van der Waals surface area contributed by atoms with Crippen molar-refractivity contribution in [2.75, 3.05) is 5.75 Å². The first-order valence-electron chi connectivity index (χ1n) is 5.26. The van der Waals surface area contributed by atoms with Gasteiger partial charge in [0.25, 0.3) is 0 Å². The number of carbonyl (C=O) groups is 1.